The van der Waals surface area contributed by atoms with Crippen LogP contribution in [0.25, 0.3) is 0 Å². The molecule has 2 aliphatic heterocycles. The van der Waals surface area contributed by atoms with Crippen molar-refractivity contribution in [3.63, 3.8) is 0 Å². The van der Waals surface area contributed by atoms with E-state index in [1.54, 1.807) is 17.0 Å². The number of nitrogens with one attached hydrogen (secondary N) is 1. The number of nitrogens with zero attached hydrogens (tertiary/aromatic N) is 2. The second kappa shape index (κ2) is 11.6. The number of carbonyl (C=O) groups excluding carboxylic acids is 2. The molecule has 0 aromatic heterocycles. The van der Waals surface area contributed by atoms with Crippen LogP contribution in [-0.4, -0.2) is 54.3 Å². The molecule has 38 heavy (non-hydrogen) atoms. The number of carbonyl (C=O) groups is 2. The van der Waals surface area contributed by atoms with Crippen molar-refractivity contribution in [2.24, 2.45) is 11.8 Å². The van der Waals surface area contributed by atoms with Gasteiger partial charge < -0.3 is 15.1 Å². The molecule has 2 saturated heterocycles. The first-order valence-corrected chi connectivity index (χ1v) is 13.3. The Hall–Kier alpha value is -3.29. The van der Waals surface area contributed by atoms with Crippen LogP contribution in [0.2, 0.25) is 5.02 Å². The zero-order valence-electron chi connectivity index (χ0n) is 21.0. The van der Waals surface area contributed by atoms with Gasteiger partial charge >= 0.3 is 0 Å². The summed E-state index contributed by atoms with van der Waals surface area (Å²) in [5.41, 5.74) is 1.75. The molecule has 3 atom stereocenters. The van der Waals surface area contributed by atoms with Gasteiger partial charge in [0.05, 0.1) is 23.0 Å². The second-order valence-corrected chi connectivity index (χ2v) is 10.6. The summed E-state index contributed by atoms with van der Waals surface area (Å²) < 4.78 is 27.5. The summed E-state index contributed by atoms with van der Waals surface area (Å²) >= 11 is 6.11. The third-order valence-corrected chi connectivity index (χ3v) is 7.89. The fraction of sp³-hybridized carbons (Fsp3) is 0.333. The third kappa shape index (κ3) is 6.05. The minimum absolute atomic E-state index is 0.0481. The predicted octanol–water partition coefficient (Wildman–Crippen LogP) is 5.11. The fourth-order valence-corrected chi connectivity index (χ4v) is 5.89. The van der Waals surface area contributed by atoms with Gasteiger partial charge in [-0.3, -0.25) is 9.59 Å². The van der Waals surface area contributed by atoms with Gasteiger partial charge in [-0.25, -0.2) is 8.78 Å². The van der Waals surface area contributed by atoms with Gasteiger partial charge in [-0.1, -0.05) is 60.1 Å². The van der Waals surface area contributed by atoms with Crippen molar-refractivity contribution in [1.82, 2.24) is 15.1 Å². The van der Waals surface area contributed by atoms with Crippen molar-refractivity contribution in [1.29, 1.82) is 0 Å². The van der Waals surface area contributed by atoms with E-state index in [9.17, 15) is 18.4 Å². The van der Waals surface area contributed by atoms with Gasteiger partial charge in [-0.15, -0.1) is 0 Å². The Bertz CT molecular complexity index is 1250. The Morgan fingerprint density at radius 1 is 0.895 bits per heavy atom. The van der Waals surface area contributed by atoms with Gasteiger partial charge in [0.25, 0.3) is 5.91 Å². The van der Waals surface area contributed by atoms with Crippen molar-refractivity contribution in [2.45, 2.75) is 18.9 Å². The minimum Gasteiger partial charge on any atom is -0.349 e. The van der Waals surface area contributed by atoms with E-state index in [-0.39, 0.29) is 40.7 Å². The molecule has 0 bridgehead atoms. The van der Waals surface area contributed by atoms with Crippen LogP contribution in [0.15, 0.2) is 72.8 Å². The average molecular weight is 538 g/mol. The molecule has 3 aromatic rings. The Balaban J connectivity index is 1.16. The van der Waals surface area contributed by atoms with Crippen molar-refractivity contribution < 1.29 is 18.4 Å². The van der Waals surface area contributed by atoms with Crippen LogP contribution in [0.1, 0.15) is 33.9 Å². The average Bonchev–Trinajstić information content (AvgIpc) is 3.47. The number of hydrogen-bond donors (Lipinski definition) is 1. The quantitative estimate of drug-likeness (QED) is 0.434. The Morgan fingerprint density at radius 2 is 1.58 bits per heavy atom. The Morgan fingerprint density at radius 3 is 2.24 bits per heavy atom. The largest absolute Gasteiger partial charge is 0.349 e. The molecule has 8 heteroatoms. The molecule has 2 unspecified atom stereocenters. The Kier molecular flexibility index (Phi) is 8.05. The predicted molar refractivity (Wildman–Crippen MR) is 143 cm³/mol. The van der Waals surface area contributed by atoms with Gasteiger partial charge in [-0.2, -0.15) is 0 Å². The fourth-order valence-electron chi connectivity index (χ4n) is 5.65. The van der Waals surface area contributed by atoms with Crippen LogP contribution >= 0.6 is 11.6 Å². The molecule has 2 fully saturated rings. The van der Waals surface area contributed by atoms with E-state index < -0.39 is 5.82 Å². The summed E-state index contributed by atoms with van der Waals surface area (Å²) in [5, 5.41) is 3.30. The van der Waals surface area contributed by atoms with Crippen LogP contribution in [0.3, 0.4) is 0 Å². The number of amides is 2. The molecule has 2 heterocycles. The van der Waals surface area contributed by atoms with Crippen molar-refractivity contribution >= 4 is 23.4 Å². The number of likely N-dealkylation sites (tertiary alicyclic amines) is 2. The standard InChI is InChI=1S/C30H30ClF2N3O2/c31-25-7-4-8-26(33)29(25)30(38)36-18-22-16-35(17-23(22)19-36)14-13-27(21-5-2-1-3-6-21)34-28(37)15-20-9-11-24(32)12-10-20/h1-12,22-23,27H,13-19H2,(H,34,37)/t22-,23?,27?/m0/s1. The zero-order chi connectivity index (χ0) is 26.6. The second-order valence-electron chi connectivity index (χ2n) is 10.2. The van der Waals surface area contributed by atoms with Gasteiger partial charge in [0.1, 0.15) is 11.6 Å². The minimum atomic E-state index is -0.588. The molecule has 0 saturated carbocycles. The van der Waals surface area contributed by atoms with Crippen LogP contribution < -0.4 is 5.32 Å². The molecule has 5 rings (SSSR count). The lowest BCUT2D eigenvalue weighted by Crippen LogP contribution is -2.36. The van der Waals surface area contributed by atoms with Crippen molar-refractivity contribution in [3.05, 3.63) is 106 Å². The molecule has 2 amide bonds. The number of rotatable bonds is 8. The molecule has 0 radical (unpaired) electrons. The molecule has 198 valence electrons. The highest BCUT2D eigenvalue weighted by Crippen LogP contribution is 2.33. The van der Waals surface area contributed by atoms with E-state index in [0.29, 0.717) is 24.9 Å². The highest BCUT2D eigenvalue weighted by molar-refractivity contribution is 6.33. The van der Waals surface area contributed by atoms with E-state index in [0.717, 1.165) is 37.2 Å². The lowest BCUT2D eigenvalue weighted by Gasteiger charge is -2.25. The first-order valence-electron chi connectivity index (χ1n) is 12.9. The van der Waals surface area contributed by atoms with Crippen LogP contribution in [0.4, 0.5) is 8.78 Å². The lowest BCUT2D eigenvalue weighted by molar-refractivity contribution is -0.121. The van der Waals surface area contributed by atoms with E-state index in [2.05, 4.69) is 10.2 Å². The number of hydrogen-bond acceptors (Lipinski definition) is 3. The Labute approximate surface area is 226 Å². The van der Waals surface area contributed by atoms with Crippen LogP contribution in [-0.2, 0) is 11.2 Å². The molecule has 0 spiro atoms. The molecule has 2 aliphatic rings. The summed E-state index contributed by atoms with van der Waals surface area (Å²) in [6.45, 7) is 3.67. The topological polar surface area (TPSA) is 52.7 Å². The number of halogens is 3. The zero-order valence-corrected chi connectivity index (χ0v) is 21.7. The van der Waals surface area contributed by atoms with Crippen LogP contribution in [0.5, 0.6) is 0 Å². The van der Waals surface area contributed by atoms with Crippen LogP contribution in [0, 0.1) is 23.5 Å². The normalized spacial score (nSPS) is 19.8. The van der Waals surface area contributed by atoms with Crippen molar-refractivity contribution in [2.75, 3.05) is 32.7 Å². The van der Waals surface area contributed by atoms with E-state index >= 15 is 0 Å². The monoisotopic (exact) mass is 537 g/mol. The van der Waals surface area contributed by atoms with Gasteiger partial charge in [0, 0.05) is 32.7 Å². The van der Waals surface area contributed by atoms with Gasteiger partial charge in [0.2, 0.25) is 5.91 Å². The maximum atomic E-state index is 14.3. The summed E-state index contributed by atoms with van der Waals surface area (Å²) in [7, 11) is 0. The summed E-state index contributed by atoms with van der Waals surface area (Å²) in [6.07, 6.45) is 0.930. The number of benzene rings is 3. The summed E-state index contributed by atoms with van der Waals surface area (Å²) in [6, 6.07) is 20.0. The summed E-state index contributed by atoms with van der Waals surface area (Å²) in [5.74, 6) is -0.711. The molecular weight excluding hydrogens is 508 g/mol. The van der Waals surface area contributed by atoms with Crippen molar-refractivity contribution in [3.8, 4) is 0 Å². The maximum Gasteiger partial charge on any atom is 0.258 e. The van der Waals surface area contributed by atoms with Gasteiger partial charge in [-0.05, 0) is 53.6 Å². The first kappa shape index (κ1) is 26.3. The molecule has 5 nitrogen and oxygen atoms in total. The SMILES string of the molecule is O=C(Cc1ccc(F)cc1)NC(CCN1CC2CN(C(=O)c3c(F)cccc3Cl)C[C@@H]2C1)c1ccccc1. The van der Waals surface area contributed by atoms with E-state index in [1.807, 2.05) is 30.3 Å². The summed E-state index contributed by atoms with van der Waals surface area (Å²) in [4.78, 5) is 29.9. The highest BCUT2D eigenvalue weighted by atomic mass is 35.5. The van der Waals surface area contributed by atoms with E-state index in [1.165, 1.54) is 30.3 Å². The number of fused-ring (bicyclic) bond motifs is 1. The first-order chi connectivity index (χ1) is 18.4. The maximum absolute atomic E-state index is 14.3. The lowest BCUT2D eigenvalue weighted by atomic mass is 10.0. The molecule has 3 aromatic carbocycles. The molecular formula is C30H30ClF2N3O2. The highest BCUT2D eigenvalue weighted by Gasteiger charge is 2.42. The van der Waals surface area contributed by atoms with E-state index in [4.69, 9.17) is 11.6 Å². The molecule has 1 N–H and O–H groups in total. The smallest absolute Gasteiger partial charge is 0.258 e. The van der Waals surface area contributed by atoms with Gasteiger partial charge in [0.15, 0.2) is 0 Å². The third-order valence-electron chi connectivity index (χ3n) is 7.57. The molecule has 0 aliphatic carbocycles.